The Morgan fingerprint density at radius 3 is 2.00 bits per heavy atom. The number of benzene rings is 2. The molecule has 3 nitrogen and oxygen atoms in total. The van der Waals surface area contributed by atoms with Gasteiger partial charge in [0, 0.05) is 0 Å². The second-order valence-electron chi connectivity index (χ2n) is 4.18. The standard InChI is InChI=1S/C13H9BClF3O3.CH4/c15-12-6-5-10(7-11(12)13(16,17)18)21-9-3-1-8(2-4-9)14(19)20;/h1-7,19-20H;1H4. The smallest absolute Gasteiger partial charge is 0.457 e. The predicted octanol–water partition coefficient (Wildman–Crippen LogP) is 3.47. The Hall–Kier alpha value is -1.70. The van der Waals surface area contributed by atoms with Gasteiger partial charge in [0.25, 0.3) is 0 Å². The molecule has 0 saturated carbocycles. The second-order valence-corrected chi connectivity index (χ2v) is 4.59. The van der Waals surface area contributed by atoms with Crippen LogP contribution < -0.4 is 10.2 Å². The molecule has 2 aromatic rings. The van der Waals surface area contributed by atoms with Gasteiger partial charge < -0.3 is 14.8 Å². The molecule has 118 valence electrons. The zero-order valence-corrected chi connectivity index (χ0v) is 11.2. The summed E-state index contributed by atoms with van der Waals surface area (Å²) in [6.45, 7) is 0. The van der Waals surface area contributed by atoms with E-state index in [-0.39, 0.29) is 24.4 Å². The lowest BCUT2D eigenvalue weighted by Gasteiger charge is -2.12. The van der Waals surface area contributed by atoms with Crippen LogP contribution in [0.2, 0.25) is 5.02 Å². The van der Waals surface area contributed by atoms with E-state index in [2.05, 4.69) is 0 Å². The van der Waals surface area contributed by atoms with E-state index in [0.29, 0.717) is 0 Å². The van der Waals surface area contributed by atoms with Crippen LogP contribution in [0.15, 0.2) is 42.5 Å². The summed E-state index contributed by atoms with van der Waals surface area (Å²) in [5.74, 6) is 0.235. The molecule has 0 aromatic heterocycles. The number of hydrogen-bond acceptors (Lipinski definition) is 3. The highest BCUT2D eigenvalue weighted by molar-refractivity contribution is 6.58. The Morgan fingerprint density at radius 1 is 0.955 bits per heavy atom. The van der Waals surface area contributed by atoms with Crippen molar-refractivity contribution in [1.29, 1.82) is 0 Å². The van der Waals surface area contributed by atoms with Crippen LogP contribution in [0, 0.1) is 0 Å². The molecular formula is C14H13BClF3O3. The topological polar surface area (TPSA) is 49.7 Å². The lowest BCUT2D eigenvalue weighted by molar-refractivity contribution is -0.137. The van der Waals surface area contributed by atoms with Gasteiger partial charge >= 0.3 is 13.3 Å². The summed E-state index contributed by atoms with van der Waals surface area (Å²) in [6, 6.07) is 8.82. The molecule has 2 aromatic carbocycles. The molecule has 0 saturated heterocycles. The van der Waals surface area contributed by atoms with E-state index >= 15 is 0 Å². The summed E-state index contributed by atoms with van der Waals surface area (Å²) in [5, 5.41) is 17.5. The lowest BCUT2D eigenvalue weighted by Crippen LogP contribution is -2.29. The van der Waals surface area contributed by atoms with Crippen LogP contribution in [0.4, 0.5) is 13.2 Å². The van der Waals surface area contributed by atoms with Crippen LogP contribution >= 0.6 is 11.6 Å². The third-order valence-corrected chi connectivity index (χ3v) is 2.99. The molecule has 0 heterocycles. The minimum atomic E-state index is -4.57. The van der Waals surface area contributed by atoms with Crippen molar-refractivity contribution in [1.82, 2.24) is 0 Å². The second kappa shape index (κ2) is 7.04. The zero-order valence-electron chi connectivity index (χ0n) is 10.4. The van der Waals surface area contributed by atoms with Gasteiger partial charge in [0.15, 0.2) is 0 Å². The Kier molecular flexibility index (Phi) is 5.88. The van der Waals surface area contributed by atoms with Gasteiger partial charge in [-0.2, -0.15) is 13.2 Å². The largest absolute Gasteiger partial charge is 0.488 e. The Morgan fingerprint density at radius 2 is 1.50 bits per heavy atom. The van der Waals surface area contributed by atoms with Gasteiger partial charge in [-0.05, 0) is 35.8 Å². The van der Waals surface area contributed by atoms with Crippen molar-refractivity contribution in [2.75, 3.05) is 0 Å². The van der Waals surface area contributed by atoms with Crippen LogP contribution in [0.25, 0.3) is 0 Å². The third-order valence-electron chi connectivity index (χ3n) is 2.66. The molecule has 0 radical (unpaired) electrons. The van der Waals surface area contributed by atoms with Gasteiger partial charge in [-0.15, -0.1) is 0 Å². The maximum Gasteiger partial charge on any atom is 0.488 e. The fourth-order valence-electron chi connectivity index (χ4n) is 1.63. The van der Waals surface area contributed by atoms with Crippen LogP contribution in [0.3, 0.4) is 0 Å². The van der Waals surface area contributed by atoms with Gasteiger partial charge in [0.2, 0.25) is 0 Å². The van der Waals surface area contributed by atoms with Gasteiger partial charge in [0.1, 0.15) is 11.5 Å². The summed E-state index contributed by atoms with van der Waals surface area (Å²) in [5.41, 5.74) is -0.737. The predicted molar refractivity (Wildman–Crippen MR) is 79.5 cm³/mol. The molecule has 0 bridgehead atoms. The van der Waals surface area contributed by atoms with Crippen molar-refractivity contribution >= 4 is 24.2 Å². The first-order chi connectivity index (χ1) is 9.77. The fourth-order valence-corrected chi connectivity index (χ4v) is 1.85. The summed E-state index contributed by atoms with van der Waals surface area (Å²) in [6.07, 6.45) is -4.57. The molecule has 0 aliphatic heterocycles. The van der Waals surface area contributed by atoms with E-state index in [1.807, 2.05) is 0 Å². The molecule has 0 aliphatic carbocycles. The highest BCUT2D eigenvalue weighted by Crippen LogP contribution is 2.37. The van der Waals surface area contributed by atoms with Crippen molar-refractivity contribution < 1.29 is 28.0 Å². The highest BCUT2D eigenvalue weighted by Gasteiger charge is 2.33. The number of rotatable bonds is 3. The van der Waals surface area contributed by atoms with Gasteiger partial charge in [-0.25, -0.2) is 0 Å². The van der Waals surface area contributed by atoms with Crippen LogP contribution in [-0.4, -0.2) is 17.2 Å². The maximum atomic E-state index is 12.7. The fraction of sp³-hybridized carbons (Fsp3) is 0.143. The van der Waals surface area contributed by atoms with E-state index in [4.69, 9.17) is 26.4 Å². The SMILES string of the molecule is C.OB(O)c1ccc(Oc2ccc(Cl)c(C(F)(F)F)c2)cc1. The zero-order chi connectivity index (χ0) is 15.6. The van der Waals surface area contributed by atoms with E-state index in [1.54, 1.807) is 0 Å². The molecule has 0 spiro atoms. The van der Waals surface area contributed by atoms with Crippen LogP contribution in [-0.2, 0) is 6.18 Å². The summed E-state index contributed by atoms with van der Waals surface area (Å²) in [4.78, 5) is 0. The van der Waals surface area contributed by atoms with Crippen molar-refractivity contribution in [3.05, 3.63) is 53.1 Å². The average molecular weight is 333 g/mol. The minimum Gasteiger partial charge on any atom is -0.457 e. The highest BCUT2D eigenvalue weighted by atomic mass is 35.5. The maximum absolute atomic E-state index is 12.7. The molecular weight excluding hydrogens is 319 g/mol. The summed E-state index contributed by atoms with van der Waals surface area (Å²) in [7, 11) is -1.62. The molecule has 0 fully saturated rings. The van der Waals surface area contributed by atoms with E-state index in [1.165, 1.54) is 30.3 Å². The van der Waals surface area contributed by atoms with Crippen molar-refractivity contribution in [3.8, 4) is 11.5 Å². The third kappa shape index (κ3) is 4.40. The van der Waals surface area contributed by atoms with Crippen LogP contribution in [0.1, 0.15) is 13.0 Å². The van der Waals surface area contributed by atoms with Crippen molar-refractivity contribution in [2.24, 2.45) is 0 Å². The molecule has 0 atom stereocenters. The monoisotopic (exact) mass is 332 g/mol. The van der Waals surface area contributed by atoms with E-state index in [9.17, 15) is 13.2 Å². The van der Waals surface area contributed by atoms with Gasteiger partial charge in [-0.3, -0.25) is 0 Å². The first kappa shape index (κ1) is 18.4. The van der Waals surface area contributed by atoms with Gasteiger partial charge in [0.05, 0.1) is 10.6 Å². The number of halogens is 4. The molecule has 2 rings (SSSR count). The van der Waals surface area contributed by atoms with Crippen LogP contribution in [0.5, 0.6) is 11.5 Å². The first-order valence-corrected chi connectivity index (χ1v) is 6.16. The Balaban J connectivity index is 0.00000242. The Labute approximate surface area is 131 Å². The molecule has 22 heavy (non-hydrogen) atoms. The molecule has 2 N–H and O–H groups in total. The first-order valence-electron chi connectivity index (χ1n) is 5.78. The van der Waals surface area contributed by atoms with E-state index < -0.39 is 23.9 Å². The minimum absolute atomic E-state index is 0. The number of alkyl halides is 3. The molecule has 0 amide bonds. The van der Waals surface area contributed by atoms with Crippen molar-refractivity contribution in [2.45, 2.75) is 13.6 Å². The molecule has 0 unspecified atom stereocenters. The van der Waals surface area contributed by atoms with E-state index in [0.717, 1.165) is 12.1 Å². The normalized spacial score (nSPS) is 10.8. The van der Waals surface area contributed by atoms with Crippen molar-refractivity contribution in [3.63, 3.8) is 0 Å². The molecule has 0 aliphatic rings. The average Bonchev–Trinajstić information content (AvgIpc) is 2.40. The lowest BCUT2D eigenvalue weighted by atomic mass is 9.80. The summed E-state index contributed by atoms with van der Waals surface area (Å²) >= 11 is 5.51. The molecule has 8 heteroatoms. The summed E-state index contributed by atoms with van der Waals surface area (Å²) < 4.78 is 43.4. The number of ether oxygens (including phenoxy) is 1. The van der Waals surface area contributed by atoms with Gasteiger partial charge in [-0.1, -0.05) is 31.2 Å². The quantitative estimate of drug-likeness (QED) is 0.846. The number of hydrogen-bond donors (Lipinski definition) is 2. The Bertz CT molecular complexity index is 630.